The minimum Gasteiger partial charge on any atom is -0.357 e. The summed E-state index contributed by atoms with van der Waals surface area (Å²) in [6.07, 6.45) is 4.11. The van der Waals surface area contributed by atoms with Crippen LogP contribution in [0.1, 0.15) is 45.1 Å². The molecule has 3 rings (SSSR count). The van der Waals surface area contributed by atoms with Gasteiger partial charge in [-0.3, -0.25) is 4.79 Å². The molecule has 0 unspecified atom stereocenters. The Morgan fingerprint density at radius 1 is 1.20 bits per heavy atom. The Hall–Kier alpha value is -2.04. The lowest BCUT2D eigenvalue weighted by Gasteiger charge is -2.33. The van der Waals surface area contributed by atoms with E-state index in [2.05, 4.69) is 36.2 Å². The molecule has 1 aromatic carbocycles. The van der Waals surface area contributed by atoms with Gasteiger partial charge in [-0.15, -0.1) is 0 Å². The number of hydrogen-bond acceptors (Lipinski definition) is 2. The van der Waals surface area contributed by atoms with Gasteiger partial charge < -0.3 is 15.1 Å². The molecule has 2 fully saturated rings. The first-order chi connectivity index (χ1) is 12.2. The fourth-order valence-electron chi connectivity index (χ4n) is 3.51. The van der Waals surface area contributed by atoms with Crippen LogP contribution >= 0.6 is 0 Å². The summed E-state index contributed by atoms with van der Waals surface area (Å²) in [6.45, 7) is 9.02. The number of rotatable bonds is 4. The lowest BCUT2D eigenvalue weighted by molar-refractivity contribution is -0.117. The number of benzene rings is 1. The predicted octanol–water partition coefficient (Wildman–Crippen LogP) is 3.01. The van der Waals surface area contributed by atoms with E-state index in [1.807, 2.05) is 17.0 Å². The number of guanidine groups is 1. The Balaban J connectivity index is 1.63. The Morgan fingerprint density at radius 2 is 1.92 bits per heavy atom. The number of likely N-dealkylation sites (tertiary alicyclic amines) is 1. The second-order valence-electron chi connectivity index (χ2n) is 7.16. The van der Waals surface area contributed by atoms with Crippen molar-refractivity contribution in [3.63, 3.8) is 0 Å². The van der Waals surface area contributed by atoms with Gasteiger partial charge in [0.15, 0.2) is 5.96 Å². The number of nitrogens with one attached hydrogen (secondary N) is 1. The van der Waals surface area contributed by atoms with Gasteiger partial charge in [0, 0.05) is 38.3 Å². The Labute approximate surface area is 151 Å². The van der Waals surface area contributed by atoms with Crippen LogP contribution in [-0.2, 0) is 11.3 Å². The topological polar surface area (TPSA) is 47.9 Å². The van der Waals surface area contributed by atoms with E-state index < -0.39 is 0 Å². The highest BCUT2D eigenvalue weighted by Crippen LogP contribution is 2.22. The number of carbonyl (C=O) groups excluding carboxylic acids is 1. The third-order valence-corrected chi connectivity index (χ3v) is 5.15. The van der Waals surface area contributed by atoms with Crippen molar-refractivity contribution in [2.45, 2.75) is 46.1 Å². The van der Waals surface area contributed by atoms with E-state index in [0.717, 1.165) is 50.2 Å². The molecular weight excluding hydrogens is 312 g/mol. The molecule has 2 aliphatic rings. The van der Waals surface area contributed by atoms with Crippen molar-refractivity contribution in [2.75, 3.05) is 31.1 Å². The standard InChI is InChI=1S/C20H30N4O/c1-3-21-20(23-13-10-16(2)11-14-23)22-15-17-6-8-18(9-7-17)24-12-4-5-19(24)25/h6-9,16H,3-5,10-15H2,1-2H3,(H,21,22). The van der Waals surface area contributed by atoms with Crippen molar-refractivity contribution in [3.05, 3.63) is 29.8 Å². The van der Waals surface area contributed by atoms with Crippen LogP contribution in [-0.4, -0.2) is 42.9 Å². The maximum absolute atomic E-state index is 11.8. The maximum atomic E-state index is 11.8. The van der Waals surface area contributed by atoms with Gasteiger partial charge >= 0.3 is 0 Å². The quantitative estimate of drug-likeness (QED) is 0.676. The highest BCUT2D eigenvalue weighted by atomic mass is 16.2. The van der Waals surface area contributed by atoms with Crippen LogP contribution in [0.15, 0.2) is 29.3 Å². The number of anilines is 1. The summed E-state index contributed by atoms with van der Waals surface area (Å²) >= 11 is 0. The van der Waals surface area contributed by atoms with Crippen molar-refractivity contribution in [1.29, 1.82) is 0 Å². The third-order valence-electron chi connectivity index (χ3n) is 5.15. The summed E-state index contributed by atoms with van der Waals surface area (Å²) in [5, 5.41) is 3.42. The average Bonchev–Trinajstić information content (AvgIpc) is 3.06. The molecule has 1 aromatic rings. The number of hydrogen-bond donors (Lipinski definition) is 1. The molecular formula is C20H30N4O. The molecule has 2 heterocycles. The lowest BCUT2D eigenvalue weighted by Crippen LogP contribution is -2.45. The molecule has 0 spiro atoms. The van der Waals surface area contributed by atoms with E-state index in [0.29, 0.717) is 13.0 Å². The van der Waals surface area contributed by atoms with Gasteiger partial charge in [-0.2, -0.15) is 0 Å². The molecule has 5 heteroatoms. The zero-order valence-electron chi connectivity index (χ0n) is 15.5. The SMILES string of the molecule is CCNC(=NCc1ccc(N2CCCC2=O)cc1)N1CCC(C)CC1. The van der Waals surface area contributed by atoms with Crippen molar-refractivity contribution >= 4 is 17.6 Å². The average molecular weight is 342 g/mol. The van der Waals surface area contributed by atoms with E-state index in [4.69, 9.17) is 4.99 Å². The molecule has 136 valence electrons. The van der Waals surface area contributed by atoms with Crippen LogP contribution < -0.4 is 10.2 Å². The molecule has 1 amide bonds. The molecule has 0 aromatic heterocycles. The van der Waals surface area contributed by atoms with Crippen LogP contribution in [0.25, 0.3) is 0 Å². The van der Waals surface area contributed by atoms with Crippen molar-refractivity contribution in [1.82, 2.24) is 10.2 Å². The van der Waals surface area contributed by atoms with E-state index >= 15 is 0 Å². The van der Waals surface area contributed by atoms with Gasteiger partial charge in [0.2, 0.25) is 5.91 Å². The molecule has 1 N–H and O–H groups in total. The van der Waals surface area contributed by atoms with Crippen LogP contribution in [0, 0.1) is 5.92 Å². The first kappa shape index (κ1) is 17.8. The molecule has 0 saturated carbocycles. The molecule has 0 radical (unpaired) electrons. The summed E-state index contributed by atoms with van der Waals surface area (Å²) in [5.74, 6) is 2.08. The van der Waals surface area contributed by atoms with Gasteiger partial charge in [-0.25, -0.2) is 4.99 Å². The maximum Gasteiger partial charge on any atom is 0.227 e. The molecule has 25 heavy (non-hydrogen) atoms. The van der Waals surface area contributed by atoms with Gasteiger partial charge in [-0.05, 0) is 49.8 Å². The normalized spacial score (nSPS) is 19.6. The number of amides is 1. The fraction of sp³-hybridized carbons (Fsp3) is 0.600. The van der Waals surface area contributed by atoms with Crippen LogP contribution in [0.3, 0.4) is 0 Å². The van der Waals surface area contributed by atoms with Gasteiger partial charge in [0.1, 0.15) is 0 Å². The van der Waals surface area contributed by atoms with Crippen molar-refractivity contribution in [3.8, 4) is 0 Å². The Morgan fingerprint density at radius 3 is 2.52 bits per heavy atom. The molecule has 5 nitrogen and oxygen atoms in total. The second-order valence-corrected chi connectivity index (χ2v) is 7.16. The first-order valence-electron chi connectivity index (χ1n) is 9.60. The smallest absolute Gasteiger partial charge is 0.227 e. The van der Waals surface area contributed by atoms with Crippen molar-refractivity contribution in [2.24, 2.45) is 10.9 Å². The van der Waals surface area contributed by atoms with E-state index in [1.165, 1.54) is 18.4 Å². The number of aliphatic imine (C=N–C) groups is 1. The summed E-state index contributed by atoms with van der Waals surface area (Å²) in [7, 11) is 0. The van der Waals surface area contributed by atoms with Crippen molar-refractivity contribution < 1.29 is 4.79 Å². The number of nitrogens with zero attached hydrogens (tertiary/aromatic N) is 3. The molecule has 2 aliphatic heterocycles. The summed E-state index contributed by atoms with van der Waals surface area (Å²) in [6, 6.07) is 8.27. The van der Waals surface area contributed by atoms with E-state index in [-0.39, 0.29) is 5.91 Å². The summed E-state index contributed by atoms with van der Waals surface area (Å²) in [4.78, 5) is 20.9. The minimum atomic E-state index is 0.236. The first-order valence-corrected chi connectivity index (χ1v) is 9.60. The van der Waals surface area contributed by atoms with Gasteiger partial charge in [0.25, 0.3) is 0 Å². The second kappa shape index (κ2) is 8.37. The fourth-order valence-corrected chi connectivity index (χ4v) is 3.51. The number of piperidine rings is 1. The highest BCUT2D eigenvalue weighted by molar-refractivity contribution is 5.95. The van der Waals surface area contributed by atoms with Crippen LogP contribution in [0.4, 0.5) is 5.69 Å². The van der Waals surface area contributed by atoms with Crippen LogP contribution in [0.2, 0.25) is 0 Å². The lowest BCUT2D eigenvalue weighted by atomic mass is 10.00. The molecule has 0 atom stereocenters. The molecule has 0 aliphatic carbocycles. The van der Waals surface area contributed by atoms with Gasteiger partial charge in [0.05, 0.1) is 6.54 Å². The zero-order chi connectivity index (χ0) is 17.6. The Bertz CT molecular complexity index is 603. The largest absolute Gasteiger partial charge is 0.357 e. The molecule has 0 bridgehead atoms. The van der Waals surface area contributed by atoms with Gasteiger partial charge in [-0.1, -0.05) is 19.1 Å². The predicted molar refractivity (Wildman–Crippen MR) is 103 cm³/mol. The summed E-state index contributed by atoms with van der Waals surface area (Å²) in [5.41, 5.74) is 2.18. The van der Waals surface area contributed by atoms with Crippen LogP contribution in [0.5, 0.6) is 0 Å². The molecule has 2 saturated heterocycles. The van der Waals surface area contributed by atoms with E-state index in [1.54, 1.807) is 0 Å². The van der Waals surface area contributed by atoms with E-state index in [9.17, 15) is 4.79 Å². The zero-order valence-corrected chi connectivity index (χ0v) is 15.5. The monoisotopic (exact) mass is 342 g/mol. The third kappa shape index (κ3) is 4.53. The minimum absolute atomic E-state index is 0.236. The highest BCUT2D eigenvalue weighted by Gasteiger charge is 2.21. The Kier molecular flexibility index (Phi) is 5.95. The number of carbonyl (C=O) groups is 1. The summed E-state index contributed by atoms with van der Waals surface area (Å²) < 4.78 is 0.